The average Bonchev–Trinajstić information content (AvgIpc) is 2.75. The zero-order valence-electron chi connectivity index (χ0n) is 8.73. The summed E-state index contributed by atoms with van der Waals surface area (Å²) in [6, 6.07) is 6.03. The molecular formula is C11H12N4O. The van der Waals surface area contributed by atoms with E-state index in [2.05, 4.69) is 21.6 Å². The molecule has 3 rings (SSSR count). The van der Waals surface area contributed by atoms with Gasteiger partial charge in [0.2, 0.25) is 0 Å². The Balaban J connectivity index is 2.21. The molecule has 2 N–H and O–H groups in total. The maximum absolute atomic E-state index is 11.5. The van der Waals surface area contributed by atoms with Crippen molar-refractivity contribution in [2.45, 2.75) is 13.0 Å². The van der Waals surface area contributed by atoms with Crippen LogP contribution in [-0.2, 0) is 13.0 Å². The molecule has 0 spiro atoms. The largest absolute Gasteiger partial charge is 0.347 e. The minimum atomic E-state index is -0.188. The molecule has 82 valence electrons. The topological polar surface area (TPSA) is 62.7 Å². The Morgan fingerprint density at radius 1 is 1.38 bits per heavy atom. The van der Waals surface area contributed by atoms with Gasteiger partial charge < -0.3 is 5.32 Å². The lowest BCUT2D eigenvalue weighted by molar-refractivity contribution is 0.640. The predicted molar refractivity (Wildman–Crippen MR) is 59.6 cm³/mol. The highest BCUT2D eigenvalue weighted by Gasteiger charge is 2.14. The Bertz CT molecular complexity index is 569. The van der Waals surface area contributed by atoms with Gasteiger partial charge in [0.25, 0.3) is 0 Å². The summed E-state index contributed by atoms with van der Waals surface area (Å²) in [7, 11) is 0. The third-order valence-electron chi connectivity index (χ3n) is 2.93. The number of hydrogen-bond acceptors (Lipinski definition) is 3. The maximum atomic E-state index is 11.5. The molecule has 5 nitrogen and oxygen atoms in total. The van der Waals surface area contributed by atoms with Gasteiger partial charge in [0.05, 0.1) is 5.69 Å². The first-order valence-electron chi connectivity index (χ1n) is 5.30. The highest BCUT2D eigenvalue weighted by molar-refractivity contribution is 5.47. The molecule has 5 heteroatoms. The van der Waals surface area contributed by atoms with Crippen molar-refractivity contribution in [1.29, 1.82) is 0 Å². The summed E-state index contributed by atoms with van der Waals surface area (Å²) in [4.78, 5) is 11.5. The lowest BCUT2D eigenvalue weighted by Gasteiger charge is -2.19. The Hall–Kier alpha value is -1.88. The fourth-order valence-electron chi connectivity index (χ4n) is 2.16. The Morgan fingerprint density at radius 3 is 3.12 bits per heavy atom. The molecule has 0 unspecified atom stereocenters. The molecule has 0 aliphatic carbocycles. The molecule has 1 aliphatic rings. The summed E-state index contributed by atoms with van der Waals surface area (Å²) in [6.45, 7) is 1.83. The average molecular weight is 216 g/mol. The number of nitrogens with one attached hydrogen (secondary N) is 2. The number of hydrogen-bond donors (Lipinski definition) is 2. The molecule has 2 heterocycles. The van der Waals surface area contributed by atoms with Gasteiger partial charge in [0.1, 0.15) is 6.33 Å². The van der Waals surface area contributed by atoms with Gasteiger partial charge in [-0.15, -0.1) is 0 Å². The summed E-state index contributed by atoms with van der Waals surface area (Å²) < 4.78 is 1.56. The van der Waals surface area contributed by atoms with E-state index in [1.165, 1.54) is 17.5 Å². The van der Waals surface area contributed by atoms with Crippen molar-refractivity contribution >= 4 is 0 Å². The first-order valence-corrected chi connectivity index (χ1v) is 5.30. The van der Waals surface area contributed by atoms with E-state index in [4.69, 9.17) is 0 Å². The minimum absolute atomic E-state index is 0.188. The van der Waals surface area contributed by atoms with Crippen LogP contribution in [0.1, 0.15) is 11.1 Å². The number of fused-ring (bicyclic) bond motifs is 1. The van der Waals surface area contributed by atoms with Crippen molar-refractivity contribution in [1.82, 2.24) is 20.1 Å². The van der Waals surface area contributed by atoms with Crippen LogP contribution >= 0.6 is 0 Å². The molecule has 0 saturated carbocycles. The summed E-state index contributed by atoms with van der Waals surface area (Å²) in [5.41, 5.74) is 3.26. The van der Waals surface area contributed by atoms with Gasteiger partial charge in [-0.1, -0.05) is 12.1 Å². The summed E-state index contributed by atoms with van der Waals surface area (Å²) >= 11 is 0. The van der Waals surface area contributed by atoms with Crippen molar-refractivity contribution in [2.75, 3.05) is 6.54 Å². The van der Waals surface area contributed by atoms with Crippen molar-refractivity contribution in [2.24, 2.45) is 0 Å². The van der Waals surface area contributed by atoms with Crippen LogP contribution < -0.4 is 11.0 Å². The minimum Gasteiger partial charge on any atom is -0.312 e. The first-order chi connectivity index (χ1) is 7.86. The van der Waals surface area contributed by atoms with E-state index < -0.39 is 0 Å². The van der Waals surface area contributed by atoms with Gasteiger partial charge in [-0.05, 0) is 30.2 Å². The van der Waals surface area contributed by atoms with Gasteiger partial charge in [-0.25, -0.2) is 14.5 Å². The molecule has 0 fully saturated rings. The van der Waals surface area contributed by atoms with E-state index >= 15 is 0 Å². The number of benzene rings is 1. The first kappa shape index (κ1) is 9.35. The highest BCUT2D eigenvalue weighted by Crippen LogP contribution is 2.20. The molecule has 16 heavy (non-hydrogen) atoms. The number of rotatable bonds is 1. The van der Waals surface area contributed by atoms with E-state index in [0.717, 1.165) is 25.2 Å². The fraction of sp³-hybridized carbons (Fsp3) is 0.273. The number of nitrogens with zero attached hydrogens (tertiary/aromatic N) is 2. The van der Waals surface area contributed by atoms with Gasteiger partial charge in [0, 0.05) is 6.54 Å². The highest BCUT2D eigenvalue weighted by atomic mass is 16.1. The SMILES string of the molecule is O=c1[nH]ncn1-c1cccc2c1CCNC2. The van der Waals surface area contributed by atoms with E-state index in [9.17, 15) is 4.79 Å². The van der Waals surface area contributed by atoms with Crippen molar-refractivity contribution < 1.29 is 0 Å². The van der Waals surface area contributed by atoms with Gasteiger partial charge in [0.15, 0.2) is 0 Å². The Morgan fingerprint density at radius 2 is 2.31 bits per heavy atom. The van der Waals surface area contributed by atoms with Crippen LogP contribution in [0.3, 0.4) is 0 Å². The third kappa shape index (κ3) is 1.37. The normalized spacial score (nSPS) is 14.8. The maximum Gasteiger partial charge on any atom is 0.347 e. The van der Waals surface area contributed by atoms with E-state index in [0.29, 0.717) is 0 Å². The van der Waals surface area contributed by atoms with Crippen LogP contribution in [0.5, 0.6) is 0 Å². The van der Waals surface area contributed by atoms with Gasteiger partial charge in [-0.3, -0.25) is 0 Å². The van der Waals surface area contributed by atoms with Crippen LogP contribution in [0, 0.1) is 0 Å². The van der Waals surface area contributed by atoms with E-state index in [1.54, 1.807) is 4.57 Å². The van der Waals surface area contributed by atoms with Crippen LogP contribution in [0.4, 0.5) is 0 Å². The molecule has 0 radical (unpaired) electrons. The quantitative estimate of drug-likeness (QED) is 0.716. The van der Waals surface area contributed by atoms with Gasteiger partial charge >= 0.3 is 5.69 Å². The zero-order chi connectivity index (χ0) is 11.0. The summed E-state index contributed by atoms with van der Waals surface area (Å²) in [5.74, 6) is 0. The molecule has 0 amide bonds. The number of aromatic nitrogens is 3. The van der Waals surface area contributed by atoms with Gasteiger partial charge in [-0.2, -0.15) is 5.10 Å². The molecule has 1 aliphatic heterocycles. The molecule has 1 aromatic heterocycles. The number of H-pyrrole nitrogens is 1. The molecule has 1 aromatic carbocycles. The summed E-state index contributed by atoms with van der Waals surface area (Å²) in [5, 5.41) is 9.49. The van der Waals surface area contributed by atoms with Crippen LogP contribution in [-0.4, -0.2) is 21.3 Å². The van der Waals surface area contributed by atoms with Crippen molar-refractivity contribution in [3.63, 3.8) is 0 Å². The second kappa shape index (κ2) is 3.61. The molecule has 2 aromatic rings. The van der Waals surface area contributed by atoms with E-state index in [1.807, 2.05) is 12.1 Å². The molecule has 0 bridgehead atoms. The van der Waals surface area contributed by atoms with E-state index in [-0.39, 0.29) is 5.69 Å². The predicted octanol–water partition coefficient (Wildman–Crippen LogP) is 0.206. The smallest absolute Gasteiger partial charge is 0.312 e. The van der Waals surface area contributed by atoms with Crippen LogP contribution in [0.25, 0.3) is 5.69 Å². The Labute approximate surface area is 92.1 Å². The third-order valence-corrected chi connectivity index (χ3v) is 2.93. The monoisotopic (exact) mass is 216 g/mol. The lowest BCUT2D eigenvalue weighted by Crippen LogP contribution is -2.26. The number of aromatic amines is 1. The molecule has 0 saturated heterocycles. The zero-order valence-corrected chi connectivity index (χ0v) is 8.73. The van der Waals surface area contributed by atoms with Crippen molar-refractivity contribution in [3.05, 3.63) is 46.1 Å². The Kier molecular flexibility index (Phi) is 2.11. The molecule has 0 atom stereocenters. The lowest BCUT2D eigenvalue weighted by atomic mass is 9.99. The van der Waals surface area contributed by atoms with Crippen LogP contribution in [0.15, 0.2) is 29.3 Å². The summed E-state index contributed by atoms with van der Waals surface area (Å²) in [6.07, 6.45) is 2.48. The second-order valence-electron chi connectivity index (χ2n) is 3.87. The standard InChI is InChI=1S/C11H12N4O/c16-11-14-13-7-15(11)10-3-1-2-8-6-12-5-4-9(8)10/h1-3,7,12H,4-6H2,(H,14,16). The second-order valence-corrected chi connectivity index (χ2v) is 3.87. The van der Waals surface area contributed by atoms with Crippen molar-refractivity contribution in [3.8, 4) is 5.69 Å². The fourth-order valence-corrected chi connectivity index (χ4v) is 2.16. The molecular weight excluding hydrogens is 204 g/mol. The van der Waals surface area contributed by atoms with Crippen LogP contribution in [0.2, 0.25) is 0 Å².